The minimum Gasteiger partial charge on any atom is -0.338 e. The predicted molar refractivity (Wildman–Crippen MR) is 125 cm³/mol. The standard InChI is InChI=1S/C26H32N4O/c1-20(2)17-28-12-14-29(15-13-28)26(31)25-16-24(23-8-10-27-11-9-23)19-30(25)18-22-6-4-21(3)5-7-22/h4-11,16,19-20H,12-15,17-18H2,1-3H3. The van der Waals surface area contributed by atoms with Gasteiger partial charge in [0.05, 0.1) is 0 Å². The highest BCUT2D eigenvalue weighted by molar-refractivity contribution is 5.94. The van der Waals surface area contributed by atoms with Gasteiger partial charge in [-0.25, -0.2) is 0 Å². The van der Waals surface area contributed by atoms with Gasteiger partial charge < -0.3 is 9.47 Å². The first-order valence-corrected chi connectivity index (χ1v) is 11.2. The van der Waals surface area contributed by atoms with Crippen molar-refractivity contribution >= 4 is 5.91 Å². The molecule has 2 aromatic heterocycles. The van der Waals surface area contributed by atoms with Crippen LogP contribution in [0.2, 0.25) is 0 Å². The van der Waals surface area contributed by atoms with Crippen molar-refractivity contribution in [1.82, 2.24) is 19.4 Å². The molecule has 0 aliphatic carbocycles. The van der Waals surface area contributed by atoms with Gasteiger partial charge in [0.15, 0.2) is 0 Å². The lowest BCUT2D eigenvalue weighted by Crippen LogP contribution is -2.49. The first-order chi connectivity index (χ1) is 15.0. The summed E-state index contributed by atoms with van der Waals surface area (Å²) in [6.07, 6.45) is 5.68. The number of rotatable bonds is 6. The molecule has 0 radical (unpaired) electrons. The van der Waals surface area contributed by atoms with E-state index in [1.807, 2.05) is 23.1 Å². The smallest absolute Gasteiger partial charge is 0.270 e. The Balaban J connectivity index is 1.58. The van der Waals surface area contributed by atoms with Crippen LogP contribution < -0.4 is 0 Å². The van der Waals surface area contributed by atoms with Gasteiger partial charge in [-0.15, -0.1) is 0 Å². The topological polar surface area (TPSA) is 41.4 Å². The number of carbonyl (C=O) groups excluding carboxylic acids is 1. The lowest BCUT2D eigenvalue weighted by Gasteiger charge is -2.35. The van der Waals surface area contributed by atoms with E-state index in [1.54, 1.807) is 12.4 Å². The van der Waals surface area contributed by atoms with E-state index >= 15 is 0 Å². The van der Waals surface area contributed by atoms with E-state index in [2.05, 4.69) is 65.7 Å². The maximum Gasteiger partial charge on any atom is 0.270 e. The highest BCUT2D eigenvalue weighted by Gasteiger charge is 2.25. The molecule has 1 aromatic carbocycles. The highest BCUT2D eigenvalue weighted by Crippen LogP contribution is 2.24. The minimum absolute atomic E-state index is 0.122. The highest BCUT2D eigenvalue weighted by atomic mass is 16.2. The van der Waals surface area contributed by atoms with Gasteiger partial charge in [-0.05, 0) is 42.2 Å². The van der Waals surface area contributed by atoms with Crippen molar-refractivity contribution in [2.24, 2.45) is 5.92 Å². The normalized spacial score (nSPS) is 14.9. The van der Waals surface area contributed by atoms with Gasteiger partial charge in [0.1, 0.15) is 5.69 Å². The molecule has 1 amide bonds. The summed E-state index contributed by atoms with van der Waals surface area (Å²) >= 11 is 0. The third kappa shape index (κ3) is 5.23. The van der Waals surface area contributed by atoms with Crippen molar-refractivity contribution in [3.63, 3.8) is 0 Å². The Kier molecular flexibility index (Phi) is 6.52. The molecule has 1 saturated heterocycles. The first-order valence-electron chi connectivity index (χ1n) is 11.2. The lowest BCUT2D eigenvalue weighted by atomic mass is 10.1. The third-order valence-corrected chi connectivity index (χ3v) is 5.89. The van der Waals surface area contributed by atoms with Crippen molar-refractivity contribution < 1.29 is 4.79 Å². The Morgan fingerprint density at radius 2 is 1.65 bits per heavy atom. The number of hydrogen-bond acceptors (Lipinski definition) is 3. The van der Waals surface area contributed by atoms with Gasteiger partial charge in [0, 0.05) is 63.4 Å². The number of nitrogens with zero attached hydrogens (tertiary/aromatic N) is 4. The Morgan fingerprint density at radius 1 is 0.968 bits per heavy atom. The summed E-state index contributed by atoms with van der Waals surface area (Å²) in [6, 6.07) is 14.5. The fourth-order valence-corrected chi connectivity index (χ4v) is 4.22. The van der Waals surface area contributed by atoms with E-state index in [4.69, 9.17) is 0 Å². The second-order valence-corrected chi connectivity index (χ2v) is 8.95. The Labute approximate surface area is 185 Å². The van der Waals surface area contributed by atoms with Crippen LogP contribution in [0.5, 0.6) is 0 Å². The van der Waals surface area contributed by atoms with Crippen LogP contribution in [0.15, 0.2) is 61.1 Å². The van der Waals surface area contributed by atoms with E-state index in [1.165, 1.54) is 11.1 Å². The number of carbonyl (C=O) groups is 1. The molecule has 1 fully saturated rings. The largest absolute Gasteiger partial charge is 0.338 e. The predicted octanol–water partition coefficient (Wildman–Crippen LogP) is 4.32. The van der Waals surface area contributed by atoms with Crippen LogP contribution in [0.25, 0.3) is 11.1 Å². The zero-order chi connectivity index (χ0) is 21.8. The van der Waals surface area contributed by atoms with Crippen LogP contribution in [0.4, 0.5) is 0 Å². The Bertz CT molecular complexity index is 1000. The molecule has 3 heterocycles. The quantitative estimate of drug-likeness (QED) is 0.601. The maximum absolute atomic E-state index is 13.5. The Morgan fingerprint density at radius 3 is 2.29 bits per heavy atom. The molecule has 0 spiro atoms. The van der Waals surface area contributed by atoms with Gasteiger partial charge >= 0.3 is 0 Å². The van der Waals surface area contributed by atoms with E-state index in [0.29, 0.717) is 12.5 Å². The number of aromatic nitrogens is 2. The van der Waals surface area contributed by atoms with Crippen LogP contribution in [0, 0.1) is 12.8 Å². The lowest BCUT2D eigenvalue weighted by molar-refractivity contribution is 0.0614. The summed E-state index contributed by atoms with van der Waals surface area (Å²) in [6.45, 7) is 11.8. The second-order valence-electron chi connectivity index (χ2n) is 8.95. The van der Waals surface area contributed by atoms with Crippen molar-refractivity contribution in [2.75, 3.05) is 32.7 Å². The minimum atomic E-state index is 0.122. The van der Waals surface area contributed by atoms with Crippen LogP contribution in [-0.2, 0) is 6.54 Å². The summed E-state index contributed by atoms with van der Waals surface area (Å²) in [5, 5.41) is 0. The molecule has 0 atom stereocenters. The van der Waals surface area contributed by atoms with Gasteiger partial charge in [-0.2, -0.15) is 0 Å². The van der Waals surface area contributed by atoms with Crippen molar-refractivity contribution in [1.29, 1.82) is 0 Å². The molecule has 0 N–H and O–H groups in total. The van der Waals surface area contributed by atoms with Gasteiger partial charge in [-0.1, -0.05) is 43.7 Å². The molecule has 0 bridgehead atoms. The second kappa shape index (κ2) is 9.48. The molecule has 5 heteroatoms. The number of amides is 1. The summed E-state index contributed by atoms with van der Waals surface area (Å²) in [7, 11) is 0. The van der Waals surface area contributed by atoms with E-state index in [9.17, 15) is 4.79 Å². The number of hydrogen-bond donors (Lipinski definition) is 0. The average Bonchev–Trinajstić information content (AvgIpc) is 3.19. The number of benzene rings is 1. The zero-order valence-corrected chi connectivity index (χ0v) is 18.8. The third-order valence-electron chi connectivity index (χ3n) is 5.89. The first kappa shape index (κ1) is 21.3. The molecule has 5 nitrogen and oxygen atoms in total. The molecule has 1 aliphatic rings. The SMILES string of the molecule is Cc1ccc(Cn2cc(-c3ccncc3)cc2C(=O)N2CCN(CC(C)C)CC2)cc1. The summed E-state index contributed by atoms with van der Waals surface area (Å²) in [5.41, 5.74) is 5.32. The van der Waals surface area contributed by atoms with Crippen LogP contribution >= 0.6 is 0 Å². The van der Waals surface area contributed by atoms with Gasteiger partial charge in [0.2, 0.25) is 0 Å². The zero-order valence-electron chi connectivity index (χ0n) is 18.8. The molecular formula is C26H32N4O. The fourth-order valence-electron chi connectivity index (χ4n) is 4.22. The van der Waals surface area contributed by atoms with Crippen molar-refractivity contribution in [3.05, 3.63) is 77.9 Å². The molecule has 162 valence electrons. The molecule has 0 saturated carbocycles. The molecule has 4 rings (SSSR count). The summed E-state index contributed by atoms with van der Waals surface area (Å²) < 4.78 is 2.10. The van der Waals surface area contributed by atoms with Gasteiger partial charge in [-0.3, -0.25) is 14.7 Å². The molecular weight excluding hydrogens is 384 g/mol. The van der Waals surface area contributed by atoms with E-state index in [-0.39, 0.29) is 5.91 Å². The molecule has 1 aliphatic heterocycles. The van der Waals surface area contributed by atoms with Crippen LogP contribution in [0.1, 0.15) is 35.5 Å². The molecule has 3 aromatic rings. The summed E-state index contributed by atoms with van der Waals surface area (Å²) in [5.74, 6) is 0.772. The van der Waals surface area contributed by atoms with Crippen LogP contribution in [-0.4, -0.2) is 58.0 Å². The van der Waals surface area contributed by atoms with E-state index in [0.717, 1.165) is 49.5 Å². The van der Waals surface area contributed by atoms with Crippen molar-refractivity contribution in [2.45, 2.75) is 27.3 Å². The fraction of sp³-hybridized carbons (Fsp3) is 0.385. The molecule has 0 unspecified atom stereocenters. The van der Waals surface area contributed by atoms with E-state index < -0.39 is 0 Å². The van der Waals surface area contributed by atoms with Crippen molar-refractivity contribution in [3.8, 4) is 11.1 Å². The number of pyridine rings is 1. The van der Waals surface area contributed by atoms with Crippen LogP contribution in [0.3, 0.4) is 0 Å². The average molecular weight is 417 g/mol. The number of aryl methyl sites for hydroxylation is 1. The number of piperazine rings is 1. The maximum atomic E-state index is 13.5. The Hall–Kier alpha value is -2.92. The monoisotopic (exact) mass is 416 g/mol. The van der Waals surface area contributed by atoms with Gasteiger partial charge in [0.25, 0.3) is 5.91 Å². The molecule has 31 heavy (non-hydrogen) atoms. The summed E-state index contributed by atoms with van der Waals surface area (Å²) in [4.78, 5) is 22.1.